The Hall–Kier alpha value is -0.833. The fourth-order valence-electron chi connectivity index (χ4n) is 1.10. The SMILES string of the molecule is C[Si](C)(C)Cn1ccccc1=O. The average molecular weight is 181 g/mol. The lowest BCUT2D eigenvalue weighted by atomic mass is 10.5. The molecule has 0 fully saturated rings. The summed E-state index contributed by atoms with van der Waals surface area (Å²) in [7, 11) is -1.17. The van der Waals surface area contributed by atoms with Gasteiger partial charge in [-0.05, 0) is 6.07 Å². The maximum Gasteiger partial charge on any atom is 0.250 e. The molecule has 0 aliphatic carbocycles. The standard InChI is InChI=1S/C9H15NOSi/c1-12(2,3)8-10-7-5-4-6-9(10)11/h4-7H,8H2,1-3H3. The van der Waals surface area contributed by atoms with E-state index in [1.807, 2.05) is 12.3 Å². The lowest BCUT2D eigenvalue weighted by molar-refractivity contribution is 0.807. The Balaban J connectivity index is 2.91. The Morgan fingerprint density at radius 1 is 1.33 bits per heavy atom. The van der Waals surface area contributed by atoms with E-state index >= 15 is 0 Å². The van der Waals surface area contributed by atoms with Crippen molar-refractivity contribution in [2.24, 2.45) is 0 Å². The van der Waals surface area contributed by atoms with Crippen LogP contribution in [-0.4, -0.2) is 12.6 Å². The van der Waals surface area contributed by atoms with E-state index < -0.39 is 8.07 Å². The van der Waals surface area contributed by atoms with E-state index in [1.165, 1.54) is 0 Å². The van der Waals surface area contributed by atoms with Crippen LogP contribution in [0.3, 0.4) is 0 Å². The molecule has 12 heavy (non-hydrogen) atoms. The van der Waals surface area contributed by atoms with Gasteiger partial charge in [-0.2, -0.15) is 0 Å². The summed E-state index contributed by atoms with van der Waals surface area (Å²) in [4.78, 5) is 11.3. The molecule has 0 aromatic carbocycles. The van der Waals surface area contributed by atoms with Gasteiger partial charge in [-0.1, -0.05) is 25.7 Å². The summed E-state index contributed by atoms with van der Waals surface area (Å²) >= 11 is 0. The van der Waals surface area contributed by atoms with E-state index in [9.17, 15) is 4.79 Å². The summed E-state index contributed by atoms with van der Waals surface area (Å²) < 4.78 is 1.80. The summed E-state index contributed by atoms with van der Waals surface area (Å²) in [5.41, 5.74) is 0.111. The first kappa shape index (κ1) is 9.26. The number of pyridine rings is 1. The highest BCUT2D eigenvalue weighted by Crippen LogP contribution is 2.02. The second kappa shape index (κ2) is 3.27. The summed E-state index contributed by atoms with van der Waals surface area (Å²) in [6, 6.07) is 5.30. The number of aromatic nitrogens is 1. The number of nitrogens with zero attached hydrogens (tertiary/aromatic N) is 1. The molecule has 0 radical (unpaired) electrons. The molecule has 0 aliphatic heterocycles. The monoisotopic (exact) mass is 181 g/mol. The third-order valence-corrected chi connectivity index (χ3v) is 2.83. The van der Waals surface area contributed by atoms with Gasteiger partial charge >= 0.3 is 0 Å². The van der Waals surface area contributed by atoms with Gasteiger partial charge in [0.05, 0.1) is 8.07 Å². The van der Waals surface area contributed by atoms with Crippen LogP contribution in [0.15, 0.2) is 29.2 Å². The van der Waals surface area contributed by atoms with Crippen molar-refractivity contribution in [1.29, 1.82) is 0 Å². The third-order valence-electron chi connectivity index (χ3n) is 1.54. The molecule has 0 amide bonds. The van der Waals surface area contributed by atoms with Crippen LogP contribution in [-0.2, 0) is 6.17 Å². The molecule has 0 spiro atoms. The van der Waals surface area contributed by atoms with Gasteiger partial charge in [0.1, 0.15) is 0 Å². The van der Waals surface area contributed by atoms with E-state index in [-0.39, 0.29) is 5.56 Å². The van der Waals surface area contributed by atoms with Crippen LogP contribution < -0.4 is 5.56 Å². The highest BCUT2D eigenvalue weighted by Gasteiger charge is 2.13. The molecule has 1 heterocycles. The molecule has 1 rings (SSSR count). The van der Waals surface area contributed by atoms with Crippen molar-refractivity contribution < 1.29 is 0 Å². The maximum absolute atomic E-state index is 11.3. The lowest BCUT2D eigenvalue weighted by Gasteiger charge is -2.16. The Morgan fingerprint density at radius 2 is 2.00 bits per heavy atom. The molecule has 0 saturated heterocycles. The van der Waals surface area contributed by atoms with Crippen LogP contribution in [0.1, 0.15) is 0 Å². The van der Waals surface area contributed by atoms with Crippen molar-refractivity contribution in [3.63, 3.8) is 0 Å². The minimum Gasteiger partial charge on any atom is -0.319 e. The van der Waals surface area contributed by atoms with Crippen LogP contribution >= 0.6 is 0 Å². The van der Waals surface area contributed by atoms with Crippen LogP contribution in [0.4, 0.5) is 0 Å². The van der Waals surface area contributed by atoms with Crippen molar-refractivity contribution >= 4 is 8.07 Å². The normalized spacial score (nSPS) is 11.6. The predicted molar refractivity (Wildman–Crippen MR) is 54.0 cm³/mol. The van der Waals surface area contributed by atoms with E-state index in [1.54, 1.807) is 16.7 Å². The second-order valence-electron chi connectivity index (χ2n) is 4.23. The smallest absolute Gasteiger partial charge is 0.250 e. The van der Waals surface area contributed by atoms with Gasteiger partial charge in [0.25, 0.3) is 0 Å². The molecule has 3 heteroatoms. The Labute approximate surface area is 73.9 Å². The van der Waals surface area contributed by atoms with Crippen LogP contribution in [0.2, 0.25) is 19.6 Å². The summed E-state index contributed by atoms with van der Waals surface area (Å²) in [5.74, 6) is 0. The summed E-state index contributed by atoms with van der Waals surface area (Å²) in [6.45, 7) is 6.77. The minimum atomic E-state index is -1.17. The van der Waals surface area contributed by atoms with E-state index in [2.05, 4.69) is 19.6 Å². The maximum atomic E-state index is 11.3. The second-order valence-corrected chi connectivity index (χ2v) is 9.66. The quantitative estimate of drug-likeness (QED) is 0.637. The molecule has 1 aromatic rings. The van der Waals surface area contributed by atoms with Crippen molar-refractivity contribution in [1.82, 2.24) is 4.57 Å². The zero-order valence-electron chi connectivity index (χ0n) is 7.87. The lowest BCUT2D eigenvalue weighted by Crippen LogP contribution is -2.33. The van der Waals surface area contributed by atoms with Crippen LogP contribution in [0, 0.1) is 0 Å². The zero-order valence-corrected chi connectivity index (χ0v) is 8.87. The fourth-order valence-corrected chi connectivity index (χ4v) is 2.39. The van der Waals surface area contributed by atoms with Gasteiger partial charge in [0, 0.05) is 18.4 Å². The molecule has 2 nitrogen and oxygen atoms in total. The Bertz CT molecular complexity index is 311. The van der Waals surface area contributed by atoms with Gasteiger partial charge in [-0.3, -0.25) is 4.79 Å². The first-order valence-corrected chi connectivity index (χ1v) is 7.85. The number of rotatable bonds is 2. The number of hydrogen-bond acceptors (Lipinski definition) is 1. The predicted octanol–water partition coefficient (Wildman–Crippen LogP) is 1.73. The Morgan fingerprint density at radius 3 is 2.50 bits per heavy atom. The molecule has 0 aliphatic rings. The van der Waals surface area contributed by atoms with Crippen molar-refractivity contribution in [3.8, 4) is 0 Å². The highest BCUT2D eigenvalue weighted by atomic mass is 28.3. The van der Waals surface area contributed by atoms with Crippen molar-refractivity contribution in [2.75, 3.05) is 0 Å². The molecule has 0 saturated carbocycles. The molecule has 1 aromatic heterocycles. The first-order chi connectivity index (χ1) is 5.49. The van der Waals surface area contributed by atoms with Gasteiger partial charge in [0.2, 0.25) is 5.56 Å². The Kier molecular flexibility index (Phi) is 2.52. The van der Waals surface area contributed by atoms with Gasteiger partial charge in [-0.25, -0.2) is 0 Å². The highest BCUT2D eigenvalue weighted by molar-refractivity contribution is 6.74. The molecular formula is C9H15NOSi. The van der Waals surface area contributed by atoms with E-state index in [4.69, 9.17) is 0 Å². The van der Waals surface area contributed by atoms with Crippen LogP contribution in [0.25, 0.3) is 0 Å². The molecule has 0 N–H and O–H groups in total. The summed E-state index contributed by atoms with van der Waals surface area (Å²) in [5, 5.41) is 0. The van der Waals surface area contributed by atoms with Crippen LogP contribution in [0.5, 0.6) is 0 Å². The largest absolute Gasteiger partial charge is 0.319 e. The summed E-state index contributed by atoms with van der Waals surface area (Å²) in [6.07, 6.45) is 2.77. The average Bonchev–Trinajstić information content (AvgIpc) is 1.91. The topological polar surface area (TPSA) is 22.0 Å². The molecule has 0 unspecified atom stereocenters. The molecule has 66 valence electrons. The molecular weight excluding hydrogens is 166 g/mol. The molecule has 0 atom stereocenters. The zero-order chi connectivity index (χ0) is 9.19. The van der Waals surface area contributed by atoms with Gasteiger partial charge < -0.3 is 4.57 Å². The molecule has 0 bridgehead atoms. The van der Waals surface area contributed by atoms with Crippen molar-refractivity contribution in [3.05, 3.63) is 34.7 Å². The fraction of sp³-hybridized carbons (Fsp3) is 0.444. The van der Waals surface area contributed by atoms with Gasteiger partial charge in [-0.15, -0.1) is 0 Å². The third kappa shape index (κ3) is 2.66. The van der Waals surface area contributed by atoms with Crippen molar-refractivity contribution in [2.45, 2.75) is 25.8 Å². The number of hydrogen-bond donors (Lipinski definition) is 0. The first-order valence-electron chi connectivity index (χ1n) is 4.14. The van der Waals surface area contributed by atoms with Gasteiger partial charge in [0.15, 0.2) is 0 Å². The minimum absolute atomic E-state index is 0.111. The van der Waals surface area contributed by atoms with E-state index in [0.29, 0.717) is 0 Å². The van der Waals surface area contributed by atoms with E-state index in [0.717, 1.165) is 6.17 Å².